The van der Waals surface area contributed by atoms with Gasteiger partial charge in [-0.3, -0.25) is 0 Å². The summed E-state index contributed by atoms with van der Waals surface area (Å²) >= 11 is 0. The Hall–Kier alpha value is -0.960. The molecule has 1 aliphatic rings. The van der Waals surface area contributed by atoms with Gasteiger partial charge in [0.05, 0.1) is 12.9 Å². The summed E-state index contributed by atoms with van der Waals surface area (Å²) < 4.78 is 15.1. The molecule has 0 aromatic carbocycles. The SMILES string of the molecule is COCOC1=CCCC(OC)=C1. The molecule has 0 heterocycles. The van der Waals surface area contributed by atoms with Gasteiger partial charge >= 0.3 is 0 Å². The van der Waals surface area contributed by atoms with E-state index in [1.165, 1.54) is 0 Å². The largest absolute Gasteiger partial charge is 0.501 e. The highest BCUT2D eigenvalue weighted by molar-refractivity contribution is 5.19. The summed E-state index contributed by atoms with van der Waals surface area (Å²) in [5, 5.41) is 0. The quantitative estimate of drug-likeness (QED) is 0.602. The van der Waals surface area contributed by atoms with E-state index >= 15 is 0 Å². The van der Waals surface area contributed by atoms with E-state index in [1.807, 2.05) is 12.2 Å². The van der Waals surface area contributed by atoms with Crippen LogP contribution in [-0.4, -0.2) is 21.0 Å². The van der Waals surface area contributed by atoms with Crippen LogP contribution in [0, 0.1) is 0 Å². The van der Waals surface area contributed by atoms with E-state index in [-0.39, 0.29) is 0 Å². The molecule has 0 N–H and O–H groups in total. The van der Waals surface area contributed by atoms with Gasteiger partial charge in [-0.2, -0.15) is 0 Å². The first kappa shape index (κ1) is 9.13. The summed E-state index contributed by atoms with van der Waals surface area (Å²) in [5.74, 6) is 1.79. The Morgan fingerprint density at radius 3 is 2.92 bits per heavy atom. The monoisotopic (exact) mass is 170 g/mol. The van der Waals surface area contributed by atoms with Gasteiger partial charge in [0.25, 0.3) is 0 Å². The average molecular weight is 170 g/mol. The molecule has 0 radical (unpaired) electrons. The fourth-order valence-electron chi connectivity index (χ4n) is 1.03. The minimum absolute atomic E-state index is 0.291. The molecule has 0 aromatic rings. The molecule has 12 heavy (non-hydrogen) atoms. The zero-order valence-electron chi connectivity index (χ0n) is 7.50. The molecule has 0 spiro atoms. The molecule has 1 aliphatic carbocycles. The molecule has 0 aromatic heterocycles. The summed E-state index contributed by atoms with van der Waals surface area (Å²) in [7, 11) is 3.27. The highest BCUT2D eigenvalue weighted by Crippen LogP contribution is 2.17. The van der Waals surface area contributed by atoms with E-state index in [4.69, 9.17) is 14.2 Å². The number of allylic oxidation sites excluding steroid dienone is 3. The van der Waals surface area contributed by atoms with Crippen molar-refractivity contribution < 1.29 is 14.2 Å². The molecule has 0 atom stereocenters. The fourth-order valence-corrected chi connectivity index (χ4v) is 1.03. The molecular weight excluding hydrogens is 156 g/mol. The third-order valence-electron chi connectivity index (χ3n) is 1.65. The smallest absolute Gasteiger partial charge is 0.188 e. The lowest BCUT2D eigenvalue weighted by atomic mass is 10.1. The predicted octanol–water partition coefficient (Wildman–Crippen LogP) is 1.81. The van der Waals surface area contributed by atoms with Gasteiger partial charge in [0, 0.05) is 19.6 Å². The van der Waals surface area contributed by atoms with Crippen molar-refractivity contribution in [3.05, 3.63) is 23.7 Å². The molecule has 0 saturated heterocycles. The third kappa shape index (κ3) is 2.58. The summed E-state index contributed by atoms with van der Waals surface area (Å²) in [4.78, 5) is 0. The zero-order valence-corrected chi connectivity index (χ0v) is 7.50. The van der Waals surface area contributed by atoms with Crippen LogP contribution in [0.25, 0.3) is 0 Å². The van der Waals surface area contributed by atoms with Gasteiger partial charge in [-0.05, 0) is 12.5 Å². The molecule has 0 fully saturated rings. The second-order valence-electron chi connectivity index (χ2n) is 2.51. The van der Waals surface area contributed by atoms with E-state index in [0.29, 0.717) is 6.79 Å². The van der Waals surface area contributed by atoms with Crippen LogP contribution in [0.5, 0.6) is 0 Å². The lowest BCUT2D eigenvalue weighted by Gasteiger charge is -2.12. The Morgan fingerprint density at radius 2 is 2.25 bits per heavy atom. The van der Waals surface area contributed by atoms with E-state index in [1.54, 1.807) is 14.2 Å². The highest BCUT2D eigenvalue weighted by Gasteiger charge is 2.05. The molecule has 0 aliphatic heterocycles. The normalized spacial score (nSPS) is 16.5. The maximum atomic E-state index is 5.25. The van der Waals surface area contributed by atoms with Crippen molar-refractivity contribution >= 4 is 0 Å². The highest BCUT2D eigenvalue weighted by atomic mass is 16.7. The minimum atomic E-state index is 0.291. The van der Waals surface area contributed by atoms with Crippen LogP contribution in [0.2, 0.25) is 0 Å². The van der Waals surface area contributed by atoms with Gasteiger partial charge < -0.3 is 14.2 Å². The van der Waals surface area contributed by atoms with Crippen LogP contribution in [0.3, 0.4) is 0 Å². The molecular formula is C9H14O3. The number of hydrogen-bond acceptors (Lipinski definition) is 3. The number of methoxy groups -OCH3 is 2. The Kier molecular flexibility index (Phi) is 3.67. The molecule has 68 valence electrons. The van der Waals surface area contributed by atoms with Crippen molar-refractivity contribution in [2.75, 3.05) is 21.0 Å². The second-order valence-corrected chi connectivity index (χ2v) is 2.51. The van der Waals surface area contributed by atoms with Crippen molar-refractivity contribution in [3.63, 3.8) is 0 Å². The lowest BCUT2D eigenvalue weighted by molar-refractivity contribution is 0.00876. The van der Waals surface area contributed by atoms with E-state index in [9.17, 15) is 0 Å². The van der Waals surface area contributed by atoms with Crippen LogP contribution in [0.1, 0.15) is 12.8 Å². The van der Waals surface area contributed by atoms with Gasteiger partial charge in [-0.15, -0.1) is 0 Å². The molecule has 3 heteroatoms. The summed E-state index contributed by atoms with van der Waals surface area (Å²) in [5.41, 5.74) is 0. The van der Waals surface area contributed by atoms with Gasteiger partial charge in [0.1, 0.15) is 5.76 Å². The van der Waals surface area contributed by atoms with Crippen molar-refractivity contribution in [1.29, 1.82) is 0 Å². The van der Waals surface area contributed by atoms with Crippen molar-refractivity contribution in [3.8, 4) is 0 Å². The topological polar surface area (TPSA) is 27.7 Å². The molecule has 1 rings (SSSR count). The maximum Gasteiger partial charge on any atom is 0.188 e. The van der Waals surface area contributed by atoms with Gasteiger partial charge in [-0.25, -0.2) is 0 Å². The van der Waals surface area contributed by atoms with Crippen molar-refractivity contribution in [2.45, 2.75) is 12.8 Å². The van der Waals surface area contributed by atoms with Crippen LogP contribution in [-0.2, 0) is 14.2 Å². The van der Waals surface area contributed by atoms with Crippen molar-refractivity contribution in [1.82, 2.24) is 0 Å². The third-order valence-corrected chi connectivity index (χ3v) is 1.65. The molecule has 0 saturated carbocycles. The van der Waals surface area contributed by atoms with Gasteiger partial charge in [0.2, 0.25) is 0 Å². The van der Waals surface area contributed by atoms with Gasteiger partial charge in [0.15, 0.2) is 6.79 Å². The minimum Gasteiger partial charge on any atom is -0.501 e. The first-order valence-corrected chi connectivity index (χ1v) is 3.93. The predicted molar refractivity (Wildman–Crippen MR) is 45.4 cm³/mol. The summed E-state index contributed by atoms with van der Waals surface area (Å²) in [6, 6.07) is 0. The Bertz CT molecular complexity index is 194. The molecule has 0 bridgehead atoms. The molecule has 3 nitrogen and oxygen atoms in total. The maximum absolute atomic E-state index is 5.25. The zero-order chi connectivity index (χ0) is 8.81. The van der Waals surface area contributed by atoms with E-state index in [2.05, 4.69) is 0 Å². The van der Waals surface area contributed by atoms with Crippen LogP contribution in [0.4, 0.5) is 0 Å². The summed E-state index contributed by atoms with van der Waals surface area (Å²) in [6.45, 7) is 0.291. The van der Waals surface area contributed by atoms with Crippen LogP contribution in [0.15, 0.2) is 23.7 Å². The van der Waals surface area contributed by atoms with Crippen molar-refractivity contribution in [2.24, 2.45) is 0 Å². The Balaban J connectivity index is 2.43. The number of ether oxygens (including phenoxy) is 3. The molecule has 0 amide bonds. The fraction of sp³-hybridized carbons (Fsp3) is 0.556. The number of rotatable bonds is 4. The standard InChI is InChI=1S/C9H14O3/c1-10-7-12-9-5-3-4-8(6-9)11-2/h5-6H,3-4,7H2,1-2H3. The van der Waals surface area contributed by atoms with Crippen LogP contribution < -0.4 is 0 Å². The first-order valence-electron chi connectivity index (χ1n) is 3.93. The van der Waals surface area contributed by atoms with Gasteiger partial charge in [-0.1, -0.05) is 0 Å². The lowest BCUT2D eigenvalue weighted by Crippen LogP contribution is -2.00. The Labute approximate surface area is 72.6 Å². The first-order chi connectivity index (χ1) is 5.86. The molecule has 0 unspecified atom stereocenters. The van der Waals surface area contributed by atoms with E-state index < -0.39 is 0 Å². The number of hydrogen-bond donors (Lipinski definition) is 0. The Morgan fingerprint density at radius 1 is 1.42 bits per heavy atom. The van der Waals surface area contributed by atoms with E-state index in [0.717, 1.165) is 24.4 Å². The van der Waals surface area contributed by atoms with Crippen LogP contribution >= 0.6 is 0 Å². The average Bonchev–Trinajstić information content (AvgIpc) is 2.15. The second kappa shape index (κ2) is 4.83. The summed E-state index contributed by atoms with van der Waals surface area (Å²) in [6.07, 6.45) is 5.85.